The van der Waals surface area contributed by atoms with Crippen molar-refractivity contribution in [2.24, 2.45) is 0 Å². The van der Waals surface area contributed by atoms with E-state index in [0.29, 0.717) is 6.04 Å². The van der Waals surface area contributed by atoms with Crippen molar-refractivity contribution in [1.82, 2.24) is 10.2 Å². The number of aryl methyl sites for hydroxylation is 1. The molecule has 18 heavy (non-hydrogen) atoms. The van der Waals surface area contributed by atoms with Gasteiger partial charge in [0.2, 0.25) is 0 Å². The Balaban J connectivity index is 2.46. The van der Waals surface area contributed by atoms with E-state index in [2.05, 4.69) is 44.0 Å². The van der Waals surface area contributed by atoms with E-state index in [0.717, 1.165) is 31.2 Å². The second kappa shape index (κ2) is 7.78. The van der Waals surface area contributed by atoms with E-state index in [1.807, 2.05) is 12.1 Å². The van der Waals surface area contributed by atoms with Crippen molar-refractivity contribution in [3.05, 3.63) is 34.3 Å². The van der Waals surface area contributed by atoms with Crippen molar-refractivity contribution in [3.63, 3.8) is 0 Å². The normalized spacial score (nSPS) is 13.0. The molecule has 0 radical (unpaired) electrons. The third-order valence-electron chi connectivity index (χ3n) is 3.38. The van der Waals surface area contributed by atoms with Gasteiger partial charge in [-0.3, -0.25) is 0 Å². The standard InChI is InChI=1S/C15H25ClN2/c1-5-18(6-2)11-13(4)17-10-14-9-15(16)8-7-12(14)3/h7-9,13,17H,5-6,10-11H2,1-4H3. The quantitative estimate of drug-likeness (QED) is 0.815. The molecule has 0 heterocycles. The zero-order chi connectivity index (χ0) is 13.5. The van der Waals surface area contributed by atoms with Crippen LogP contribution in [0.2, 0.25) is 5.02 Å². The SMILES string of the molecule is CCN(CC)CC(C)NCc1cc(Cl)ccc1C. The van der Waals surface area contributed by atoms with Gasteiger partial charge in [-0.25, -0.2) is 0 Å². The summed E-state index contributed by atoms with van der Waals surface area (Å²) in [4.78, 5) is 2.43. The summed E-state index contributed by atoms with van der Waals surface area (Å²) >= 11 is 6.03. The molecule has 0 aliphatic heterocycles. The van der Waals surface area contributed by atoms with E-state index in [9.17, 15) is 0 Å². The van der Waals surface area contributed by atoms with Gasteiger partial charge in [-0.05, 0) is 50.2 Å². The van der Waals surface area contributed by atoms with Crippen LogP contribution in [0.15, 0.2) is 18.2 Å². The smallest absolute Gasteiger partial charge is 0.0409 e. The van der Waals surface area contributed by atoms with Crippen molar-refractivity contribution in [2.75, 3.05) is 19.6 Å². The number of hydrogen-bond donors (Lipinski definition) is 1. The lowest BCUT2D eigenvalue weighted by Crippen LogP contribution is -2.38. The first-order valence-electron chi connectivity index (χ1n) is 6.77. The maximum absolute atomic E-state index is 6.03. The predicted octanol–water partition coefficient (Wildman–Crippen LogP) is 3.47. The number of nitrogens with one attached hydrogen (secondary N) is 1. The highest BCUT2D eigenvalue weighted by Crippen LogP contribution is 2.15. The van der Waals surface area contributed by atoms with E-state index >= 15 is 0 Å². The summed E-state index contributed by atoms with van der Waals surface area (Å²) in [5.74, 6) is 0. The number of nitrogens with zero attached hydrogens (tertiary/aromatic N) is 1. The average molecular weight is 269 g/mol. The highest BCUT2D eigenvalue weighted by Gasteiger charge is 2.07. The lowest BCUT2D eigenvalue weighted by molar-refractivity contribution is 0.270. The van der Waals surface area contributed by atoms with Crippen LogP contribution < -0.4 is 5.32 Å². The molecule has 1 unspecified atom stereocenters. The number of benzene rings is 1. The van der Waals surface area contributed by atoms with Gasteiger partial charge in [-0.1, -0.05) is 31.5 Å². The minimum atomic E-state index is 0.489. The maximum Gasteiger partial charge on any atom is 0.0409 e. The third-order valence-corrected chi connectivity index (χ3v) is 3.61. The van der Waals surface area contributed by atoms with Crippen LogP contribution in [-0.4, -0.2) is 30.6 Å². The highest BCUT2D eigenvalue weighted by atomic mass is 35.5. The molecule has 1 rings (SSSR count). The number of halogens is 1. The fourth-order valence-electron chi connectivity index (χ4n) is 2.05. The topological polar surface area (TPSA) is 15.3 Å². The molecule has 102 valence electrons. The largest absolute Gasteiger partial charge is 0.309 e. The Morgan fingerprint density at radius 1 is 1.28 bits per heavy atom. The second-order valence-electron chi connectivity index (χ2n) is 4.84. The molecule has 0 fully saturated rings. The van der Waals surface area contributed by atoms with Crippen molar-refractivity contribution >= 4 is 11.6 Å². The van der Waals surface area contributed by atoms with Crippen LogP contribution in [0.25, 0.3) is 0 Å². The van der Waals surface area contributed by atoms with E-state index in [4.69, 9.17) is 11.6 Å². The molecule has 2 nitrogen and oxygen atoms in total. The molecule has 1 N–H and O–H groups in total. The molecule has 1 atom stereocenters. The average Bonchev–Trinajstić information content (AvgIpc) is 2.37. The Kier molecular flexibility index (Phi) is 6.69. The first-order valence-corrected chi connectivity index (χ1v) is 7.15. The summed E-state index contributed by atoms with van der Waals surface area (Å²) in [6.07, 6.45) is 0. The van der Waals surface area contributed by atoms with Gasteiger partial charge in [0.15, 0.2) is 0 Å². The first-order chi connectivity index (χ1) is 8.56. The molecule has 1 aromatic carbocycles. The summed E-state index contributed by atoms with van der Waals surface area (Å²) in [7, 11) is 0. The molecule has 0 bridgehead atoms. The lowest BCUT2D eigenvalue weighted by Gasteiger charge is -2.23. The van der Waals surface area contributed by atoms with Gasteiger partial charge in [-0.2, -0.15) is 0 Å². The van der Waals surface area contributed by atoms with Gasteiger partial charge in [-0.15, -0.1) is 0 Å². The van der Waals surface area contributed by atoms with Crippen LogP contribution >= 0.6 is 11.6 Å². The Morgan fingerprint density at radius 3 is 2.56 bits per heavy atom. The van der Waals surface area contributed by atoms with E-state index in [1.165, 1.54) is 11.1 Å². The predicted molar refractivity (Wildman–Crippen MR) is 80.3 cm³/mol. The number of likely N-dealkylation sites (N-methyl/N-ethyl adjacent to an activating group) is 1. The van der Waals surface area contributed by atoms with Crippen molar-refractivity contribution in [1.29, 1.82) is 0 Å². The van der Waals surface area contributed by atoms with Crippen LogP contribution in [0.3, 0.4) is 0 Å². The number of rotatable bonds is 7. The third kappa shape index (κ3) is 4.97. The fraction of sp³-hybridized carbons (Fsp3) is 0.600. The van der Waals surface area contributed by atoms with Crippen LogP contribution in [-0.2, 0) is 6.54 Å². The molecule has 0 amide bonds. The van der Waals surface area contributed by atoms with Gasteiger partial charge in [0.05, 0.1) is 0 Å². The lowest BCUT2D eigenvalue weighted by atomic mass is 10.1. The van der Waals surface area contributed by atoms with Gasteiger partial charge in [0.1, 0.15) is 0 Å². The van der Waals surface area contributed by atoms with Crippen LogP contribution in [0, 0.1) is 6.92 Å². The Bertz CT molecular complexity index is 362. The summed E-state index contributed by atoms with van der Waals surface area (Å²) in [6, 6.07) is 6.56. The molecule has 1 aromatic rings. The molecular weight excluding hydrogens is 244 g/mol. The second-order valence-corrected chi connectivity index (χ2v) is 5.28. The fourth-order valence-corrected chi connectivity index (χ4v) is 2.24. The highest BCUT2D eigenvalue weighted by molar-refractivity contribution is 6.30. The molecule has 0 saturated carbocycles. The van der Waals surface area contributed by atoms with Crippen molar-refractivity contribution in [3.8, 4) is 0 Å². The van der Waals surface area contributed by atoms with Crippen molar-refractivity contribution < 1.29 is 0 Å². The van der Waals surface area contributed by atoms with Crippen LogP contribution in [0.4, 0.5) is 0 Å². The molecule has 0 aliphatic carbocycles. The summed E-state index contributed by atoms with van der Waals surface area (Å²) in [5, 5.41) is 4.38. The first kappa shape index (κ1) is 15.5. The van der Waals surface area contributed by atoms with Gasteiger partial charge in [0, 0.05) is 24.2 Å². The van der Waals surface area contributed by atoms with E-state index in [-0.39, 0.29) is 0 Å². The molecule has 3 heteroatoms. The summed E-state index contributed by atoms with van der Waals surface area (Å²) in [5.41, 5.74) is 2.58. The molecular formula is C15H25ClN2. The Morgan fingerprint density at radius 2 is 1.94 bits per heavy atom. The molecule has 0 aromatic heterocycles. The van der Waals surface area contributed by atoms with Gasteiger partial charge in [0.25, 0.3) is 0 Å². The van der Waals surface area contributed by atoms with Crippen molar-refractivity contribution in [2.45, 2.75) is 40.3 Å². The molecule has 0 aliphatic rings. The van der Waals surface area contributed by atoms with Gasteiger partial charge >= 0.3 is 0 Å². The minimum Gasteiger partial charge on any atom is -0.309 e. The van der Waals surface area contributed by atoms with Crippen LogP contribution in [0.5, 0.6) is 0 Å². The number of hydrogen-bond acceptors (Lipinski definition) is 2. The Labute approximate surface area is 116 Å². The van der Waals surface area contributed by atoms with E-state index < -0.39 is 0 Å². The molecule has 0 saturated heterocycles. The monoisotopic (exact) mass is 268 g/mol. The zero-order valence-corrected chi connectivity index (χ0v) is 12.7. The summed E-state index contributed by atoms with van der Waals surface area (Å²) < 4.78 is 0. The Hall–Kier alpha value is -0.570. The van der Waals surface area contributed by atoms with E-state index in [1.54, 1.807) is 0 Å². The minimum absolute atomic E-state index is 0.489. The van der Waals surface area contributed by atoms with Gasteiger partial charge < -0.3 is 10.2 Å². The molecule has 0 spiro atoms. The maximum atomic E-state index is 6.03. The summed E-state index contributed by atoms with van der Waals surface area (Å²) in [6.45, 7) is 13.0. The van der Waals surface area contributed by atoms with Crippen LogP contribution in [0.1, 0.15) is 31.9 Å². The zero-order valence-electron chi connectivity index (χ0n) is 12.0.